The lowest BCUT2D eigenvalue weighted by atomic mass is 10.1. The second-order valence-electron chi connectivity index (χ2n) is 6.86. The summed E-state index contributed by atoms with van der Waals surface area (Å²) in [7, 11) is 0. The minimum atomic E-state index is -0.352. The van der Waals surface area contributed by atoms with Crippen LogP contribution in [0.4, 0.5) is 11.5 Å². The van der Waals surface area contributed by atoms with Crippen LogP contribution in [0.15, 0.2) is 48.5 Å². The minimum absolute atomic E-state index is 0.157. The smallest absolute Gasteiger partial charge is 0.269 e. The third-order valence-electron chi connectivity index (χ3n) is 5.12. The number of anilines is 1. The van der Waals surface area contributed by atoms with Gasteiger partial charge in [-0.15, -0.1) is 0 Å². The first kappa shape index (κ1) is 17.9. The molecule has 1 fully saturated rings. The predicted molar refractivity (Wildman–Crippen MR) is 110 cm³/mol. The zero-order valence-electron chi connectivity index (χ0n) is 15.1. The lowest BCUT2D eigenvalue weighted by Crippen LogP contribution is -2.46. The Labute approximate surface area is 162 Å². The molecule has 0 aliphatic carbocycles. The van der Waals surface area contributed by atoms with Crippen LogP contribution in [0.2, 0.25) is 0 Å². The molecule has 0 spiro atoms. The van der Waals surface area contributed by atoms with Crippen molar-refractivity contribution in [2.45, 2.75) is 12.8 Å². The topological polar surface area (TPSA) is 62.5 Å². The SMILES string of the molecule is O=[N+]([O-])c1ccc(CCCN2CCN(c3nsc4ccccc34)CC2)cc1. The number of hydrogen-bond donors (Lipinski definition) is 0. The quantitative estimate of drug-likeness (QED) is 0.477. The van der Waals surface area contributed by atoms with E-state index < -0.39 is 0 Å². The van der Waals surface area contributed by atoms with Crippen LogP contribution in [0.25, 0.3) is 10.1 Å². The number of rotatable bonds is 6. The summed E-state index contributed by atoms with van der Waals surface area (Å²) in [6, 6.07) is 15.3. The Hall–Kier alpha value is -2.51. The molecule has 1 aromatic heterocycles. The number of non-ortho nitro benzene ring substituents is 1. The van der Waals surface area contributed by atoms with Crippen LogP contribution in [0, 0.1) is 10.1 Å². The summed E-state index contributed by atoms with van der Waals surface area (Å²) in [6.45, 7) is 5.16. The number of aryl methyl sites for hydroxylation is 1. The molecule has 0 unspecified atom stereocenters. The van der Waals surface area contributed by atoms with Gasteiger partial charge in [-0.3, -0.25) is 15.0 Å². The number of benzene rings is 2. The molecule has 0 bridgehead atoms. The molecule has 1 aliphatic heterocycles. The highest BCUT2D eigenvalue weighted by Crippen LogP contribution is 2.29. The number of aromatic nitrogens is 1. The summed E-state index contributed by atoms with van der Waals surface area (Å²) in [6.07, 6.45) is 2.02. The second-order valence-corrected chi connectivity index (χ2v) is 7.66. The zero-order chi connectivity index (χ0) is 18.6. The molecule has 3 aromatic rings. The normalized spacial score (nSPS) is 15.3. The first-order chi connectivity index (χ1) is 13.2. The standard InChI is InChI=1S/C20H22N4O2S/c25-24(26)17-9-7-16(8-10-17)4-3-11-22-12-14-23(15-13-22)20-18-5-1-2-6-19(18)27-21-20/h1-2,5-10H,3-4,11-15H2. The molecule has 27 heavy (non-hydrogen) atoms. The fourth-order valence-electron chi connectivity index (χ4n) is 3.58. The zero-order valence-corrected chi connectivity index (χ0v) is 15.9. The Balaban J connectivity index is 1.25. The third kappa shape index (κ3) is 4.09. The van der Waals surface area contributed by atoms with E-state index in [0.717, 1.165) is 56.9 Å². The van der Waals surface area contributed by atoms with Crippen molar-refractivity contribution in [3.8, 4) is 0 Å². The van der Waals surface area contributed by atoms with Crippen LogP contribution >= 0.6 is 11.5 Å². The fraction of sp³-hybridized carbons (Fsp3) is 0.350. The average Bonchev–Trinajstić information content (AvgIpc) is 3.13. The van der Waals surface area contributed by atoms with E-state index in [-0.39, 0.29) is 10.6 Å². The molecule has 0 atom stereocenters. The molecule has 0 amide bonds. The van der Waals surface area contributed by atoms with E-state index in [4.69, 9.17) is 0 Å². The summed E-state index contributed by atoms with van der Waals surface area (Å²) in [5.41, 5.74) is 1.32. The van der Waals surface area contributed by atoms with Crippen LogP contribution < -0.4 is 4.90 Å². The number of nitrogens with zero attached hydrogens (tertiary/aromatic N) is 4. The van der Waals surface area contributed by atoms with Gasteiger partial charge < -0.3 is 4.90 Å². The van der Waals surface area contributed by atoms with Gasteiger partial charge in [0.1, 0.15) is 5.82 Å². The Bertz CT molecular complexity index is 917. The molecular formula is C20H22N4O2S. The number of hydrogen-bond acceptors (Lipinski definition) is 6. The molecule has 140 valence electrons. The average molecular weight is 382 g/mol. The van der Waals surface area contributed by atoms with Gasteiger partial charge in [0, 0.05) is 43.7 Å². The molecule has 1 saturated heterocycles. The molecule has 2 aromatic carbocycles. The Morgan fingerprint density at radius 1 is 1.04 bits per heavy atom. The van der Waals surface area contributed by atoms with Gasteiger partial charge in [0.25, 0.3) is 5.69 Å². The summed E-state index contributed by atoms with van der Waals surface area (Å²) >= 11 is 1.58. The highest BCUT2D eigenvalue weighted by molar-refractivity contribution is 7.13. The summed E-state index contributed by atoms with van der Waals surface area (Å²) < 4.78 is 5.91. The van der Waals surface area contributed by atoms with E-state index in [9.17, 15) is 10.1 Å². The molecule has 4 rings (SSSR count). The second kappa shape index (κ2) is 8.02. The van der Waals surface area contributed by atoms with E-state index >= 15 is 0 Å². The van der Waals surface area contributed by atoms with Gasteiger partial charge in [-0.05, 0) is 48.6 Å². The monoisotopic (exact) mass is 382 g/mol. The van der Waals surface area contributed by atoms with Crippen molar-refractivity contribution in [3.05, 3.63) is 64.2 Å². The van der Waals surface area contributed by atoms with Gasteiger partial charge in [0.15, 0.2) is 0 Å². The van der Waals surface area contributed by atoms with E-state index in [1.807, 2.05) is 12.1 Å². The predicted octanol–water partition coefficient (Wildman–Crippen LogP) is 3.96. The lowest BCUT2D eigenvalue weighted by Gasteiger charge is -2.35. The largest absolute Gasteiger partial charge is 0.353 e. The van der Waals surface area contributed by atoms with Gasteiger partial charge in [-0.1, -0.05) is 24.3 Å². The van der Waals surface area contributed by atoms with Crippen molar-refractivity contribution < 1.29 is 4.92 Å². The van der Waals surface area contributed by atoms with E-state index in [0.29, 0.717) is 0 Å². The minimum Gasteiger partial charge on any atom is -0.353 e. The molecule has 0 saturated carbocycles. The van der Waals surface area contributed by atoms with Gasteiger partial charge in [0.05, 0.1) is 9.62 Å². The van der Waals surface area contributed by atoms with Gasteiger partial charge in [0.2, 0.25) is 0 Å². The van der Waals surface area contributed by atoms with Crippen molar-refractivity contribution in [2.75, 3.05) is 37.6 Å². The van der Waals surface area contributed by atoms with Crippen LogP contribution in [0.5, 0.6) is 0 Å². The number of nitro groups is 1. The first-order valence-corrected chi connectivity index (χ1v) is 10.0. The van der Waals surface area contributed by atoms with Crippen LogP contribution in [-0.4, -0.2) is 46.9 Å². The van der Waals surface area contributed by atoms with Crippen molar-refractivity contribution in [1.29, 1.82) is 0 Å². The highest BCUT2D eigenvalue weighted by atomic mass is 32.1. The van der Waals surface area contributed by atoms with E-state index in [1.165, 1.54) is 10.1 Å². The van der Waals surface area contributed by atoms with Gasteiger partial charge >= 0.3 is 0 Å². The van der Waals surface area contributed by atoms with Gasteiger partial charge in [-0.2, -0.15) is 4.37 Å². The third-order valence-corrected chi connectivity index (χ3v) is 5.93. The highest BCUT2D eigenvalue weighted by Gasteiger charge is 2.20. The van der Waals surface area contributed by atoms with E-state index in [1.54, 1.807) is 23.7 Å². The Morgan fingerprint density at radius 2 is 1.78 bits per heavy atom. The summed E-state index contributed by atoms with van der Waals surface area (Å²) in [5, 5.41) is 12.0. The molecule has 1 aliphatic rings. The first-order valence-electron chi connectivity index (χ1n) is 9.26. The van der Waals surface area contributed by atoms with Gasteiger partial charge in [-0.25, -0.2) is 0 Å². The maximum atomic E-state index is 10.7. The van der Waals surface area contributed by atoms with Crippen molar-refractivity contribution in [2.24, 2.45) is 0 Å². The van der Waals surface area contributed by atoms with E-state index in [2.05, 4.69) is 38.4 Å². The van der Waals surface area contributed by atoms with Crippen molar-refractivity contribution >= 4 is 33.1 Å². The molecule has 0 radical (unpaired) electrons. The van der Waals surface area contributed by atoms with Crippen LogP contribution in [0.1, 0.15) is 12.0 Å². The number of piperazine rings is 1. The molecule has 2 heterocycles. The van der Waals surface area contributed by atoms with Crippen molar-refractivity contribution in [3.63, 3.8) is 0 Å². The van der Waals surface area contributed by atoms with Crippen LogP contribution in [-0.2, 0) is 6.42 Å². The summed E-state index contributed by atoms with van der Waals surface area (Å²) in [5.74, 6) is 1.13. The Morgan fingerprint density at radius 3 is 2.52 bits per heavy atom. The Kier molecular flexibility index (Phi) is 5.31. The number of fused-ring (bicyclic) bond motifs is 1. The van der Waals surface area contributed by atoms with Crippen LogP contribution in [0.3, 0.4) is 0 Å². The number of nitro benzene ring substituents is 1. The van der Waals surface area contributed by atoms with Crippen molar-refractivity contribution in [1.82, 2.24) is 9.27 Å². The molecule has 6 nitrogen and oxygen atoms in total. The maximum absolute atomic E-state index is 10.7. The maximum Gasteiger partial charge on any atom is 0.269 e. The molecular weight excluding hydrogens is 360 g/mol. The fourth-order valence-corrected chi connectivity index (χ4v) is 4.37. The molecule has 7 heteroatoms. The molecule has 0 N–H and O–H groups in total. The lowest BCUT2D eigenvalue weighted by molar-refractivity contribution is -0.384. The summed E-state index contributed by atoms with van der Waals surface area (Å²) in [4.78, 5) is 15.2.